The molecule has 104 valence electrons. The fraction of sp³-hybridized carbons (Fsp3) is 0.562. The van der Waals surface area contributed by atoms with Crippen molar-refractivity contribution in [2.24, 2.45) is 0 Å². The first-order chi connectivity index (χ1) is 9.25. The number of rotatable bonds is 6. The Labute approximate surface area is 115 Å². The van der Waals surface area contributed by atoms with Gasteiger partial charge < -0.3 is 10.6 Å². The summed E-state index contributed by atoms with van der Waals surface area (Å²) in [6, 6.07) is 10.8. The third-order valence-electron chi connectivity index (χ3n) is 3.82. The van der Waals surface area contributed by atoms with E-state index in [1.807, 2.05) is 37.3 Å². The van der Waals surface area contributed by atoms with E-state index in [1.54, 1.807) is 0 Å². The molecular weight excluding hydrogens is 236 g/mol. The molecule has 0 bridgehead atoms. The van der Waals surface area contributed by atoms with Gasteiger partial charge in [0.25, 0.3) is 0 Å². The molecule has 0 saturated heterocycles. The van der Waals surface area contributed by atoms with Crippen molar-refractivity contribution in [2.75, 3.05) is 6.54 Å². The Hall–Kier alpha value is -1.35. The van der Waals surface area contributed by atoms with Crippen molar-refractivity contribution in [3.8, 4) is 0 Å². The minimum Gasteiger partial charge on any atom is -0.350 e. The summed E-state index contributed by atoms with van der Waals surface area (Å²) in [5, 5.41) is 6.51. The molecule has 1 aliphatic rings. The van der Waals surface area contributed by atoms with Crippen molar-refractivity contribution in [1.82, 2.24) is 10.6 Å². The second-order valence-electron chi connectivity index (χ2n) is 5.39. The summed E-state index contributed by atoms with van der Waals surface area (Å²) in [4.78, 5) is 11.8. The monoisotopic (exact) mass is 260 g/mol. The van der Waals surface area contributed by atoms with E-state index in [0.717, 1.165) is 12.1 Å². The molecule has 3 heteroatoms. The third kappa shape index (κ3) is 4.67. The Morgan fingerprint density at radius 3 is 2.63 bits per heavy atom. The number of benzene rings is 1. The first-order valence-corrected chi connectivity index (χ1v) is 7.33. The molecule has 0 aliphatic heterocycles. The van der Waals surface area contributed by atoms with Gasteiger partial charge >= 0.3 is 0 Å². The third-order valence-corrected chi connectivity index (χ3v) is 3.82. The minimum absolute atomic E-state index is 0.0835. The van der Waals surface area contributed by atoms with E-state index in [4.69, 9.17) is 0 Å². The molecular formula is C16H24N2O. The van der Waals surface area contributed by atoms with Crippen LogP contribution in [0.4, 0.5) is 0 Å². The van der Waals surface area contributed by atoms with E-state index in [-0.39, 0.29) is 11.9 Å². The van der Waals surface area contributed by atoms with Crippen LogP contribution < -0.4 is 10.6 Å². The first kappa shape index (κ1) is 14.1. The second kappa shape index (κ2) is 7.29. The average molecular weight is 260 g/mol. The van der Waals surface area contributed by atoms with Crippen molar-refractivity contribution in [1.29, 1.82) is 0 Å². The molecule has 3 nitrogen and oxygen atoms in total. The van der Waals surface area contributed by atoms with Gasteiger partial charge in [0.15, 0.2) is 0 Å². The van der Waals surface area contributed by atoms with Gasteiger partial charge in [-0.15, -0.1) is 0 Å². The molecule has 1 aromatic carbocycles. The largest absolute Gasteiger partial charge is 0.350 e. The van der Waals surface area contributed by atoms with Gasteiger partial charge in [0.2, 0.25) is 5.91 Å². The summed E-state index contributed by atoms with van der Waals surface area (Å²) in [6.45, 7) is 2.82. The molecule has 2 N–H and O–H groups in total. The Bertz CT molecular complexity index is 385. The number of hydrogen-bond donors (Lipinski definition) is 2. The van der Waals surface area contributed by atoms with E-state index < -0.39 is 0 Å². The number of carbonyl (C=O) groups is 1. The van der Waals surface area contributed by atoms with Gasteiger partial charge in [-0.2, -0.15) is 0 Å². The van der Waals surface area contributed by atoms with E-state index in [1.165, 1.54) is 25.7 Å². The number of carbonyl (C=O) groups excluding carboxylic acids is 1. The summed E-state index contributed by atoms with van der Waals surface area (Å²) in [7, 11) is 0. The SMILES string of the molecule is CC(NC(=O)CCNC1CCCC1)c1ccccc1. The predicted octanol–water partition coefficient (Wildman–Crippen LogP) is 2.79. The maximum atomic E-state index is 11.8. The lowest BCUT2D eigenvalue weighted by atomic mass is 10.1. The van der Waals surface area contributed by atoms with Gasteiger partial charge in [-0.05, 0) is 25.3 Å². The Morgan fingerprint density at radius 1 is 1.26 bits per heavy atom. The van der Waals surface area contributed by atoms with Crippen LogP contribution in [0.3, 0.4) is 0 Å². The van der Waals surface area contributed by atoms with E-state index in [9.17, 15) is 4.79 Å². The molecule has 0 radical (unpaired) electrons. The quantitative estimate of drug-likeness (QED) is 0.826. The summed E-state index contributed by atoms with van der Waals surface area (Å²) in [5.41, 5.74) is 1.15. The fourth-order valence-electron chi connectivity index (χ4n) is 2.66. The van der Waals surface area contributed by atoms with E-state index in [0.29, 0.717) is 12.5 Å². The summed E-state index contributed by atoms with van der Waals surface area (Å²) >= 11 is 0. The smallest absolute Gasteiger partial charge is 0.221 e. The molecule has 1 saturated carbocycles. The zero-order valence-electron chi connectivity index (χ0n) is 11.7. The highest BCUT2D eigenvalue weighted by atomic mass is 16.1. The van der Waals surface area contributed by atoms with Crippen LogP contribution in [0, 0.1) is 0 Å². The van der Waals surface area contributed by atoms with Crippen LogP contribution in [0.5, 0.6) is 0 Å². The number of amides is 1. The minimum atomic E-state index is 0.0835. The molecule has 1 fully saturated rings. The maximum Gasteiger partial charge on any atom is 0.221 e. The summed E-state index contributed by atoms with van der Waals surface area (Å²) < 4.78 is 0. The summed E-state index contributed by atoms with van der Waals surface area (Å²) in [6.07, 6.45) is 5.75. The molecule has 1 unspecified atom stereocenters. The standard InChI is InChI=1S/C16H24N2O/c1-13(14-7-3-2-4-8-14)18-16(19)11-12-17-15-9-5-6-10-15/h2-4,7-8,13,15,17H,5-6,9-12H2,1H3,(H,18,19). The van der Waals surface area contributed by atoms with Gasteiger partial charge in [0, 0.05) is 19.0 Å². The highest BCUT2D eigenvalue weighted by Crippen LogP contribution is 2.17. The Morgan fingerprint density at radius 2 is 1.95 bits per heavy atom. The lowest BCUT2D eigenvalue weighted by Gasteiger charge is -2.15. The molecule has 0 spiro atoms. The molecule has 1 amide bonds. The van der Waals surface area contributed by atoms with Crippen LogP contribution in [-0.2, 0) is 4.79 Å². The average Bonchev–Trinajstić information content (AvgIpc) is 2.93. The van der Waals surface area contributed by atoms with Gasteiger partial charge in [0.05, 0.1) is 6.04 Å². The van der Waals surface area contributed by atoms with Gasteiger partial charge in [-0.3, -0.25) is 4.79 Å². The van der Waals surface area contributed by atoms with Crippen LogP contribution in [0.25, 0.3) is 0 Å². The molecule has 1 aliphatic carbocycles. The molecule has 19 heavy (non-hydrogen) atoms. The maximum absolute atomic E-state index is 11.8. The van der Waals surface area contributed by atoms with Crippen LogP contribution in [0.2, 0.25) is 0 Å². The summed E-state index contributed by atoms with van der Waals surface area (Å²) in [5.74, 6) is 0.127. The second-order valence-corrected chi connectivity index (χ2v) is 5.39. The Balaban J connectivity index is 1.66. The molecule has 0 aromatic heterocycles. The van der Waals surface area contributed by atoms with Crippen LogP contribution in [0.15, 0.2) is 30.3 Å². The number of hydrogen-bond acceptors (Lipinski definition) is 2. The van der Waals surface area contributed by atoms with Crippen molar-refractivity contribution in [3.63, 3.8) is 0 Å². The fourth-order valence-corrected chi connectivity index (χ4v) is 2.66. The van der Waals surface area contributed by atoms with Crippen molar-refractivity contribution >= 4 is 5.91 Å². The van der Waals surface area contributed by atoms with Crippen LogP contribution in [0.1, 0.15) is 50.6 Å². The van der Waals surface area contributed by atoms with Gasteiger partial charge in [0.1, 0.15) is 0 Å². The molecule has 1 atom stereocenters. The lowest BCUT2D eigenvalue weighted by molar-refractivity contribution is -0.121. The number of nitrogens with one attached hydrogen (secondary N) is 2. The van der Waals surface area contributed by atoms with Crippen molar-refractivity contribution in [2.45, 2.75) is 51.1 Å². The topological polar surface area (TPSA) is 41.1 Å². The Kier molecular flexibility index (Phi) is 5.40. The van der Waals surface area contributed by atoms with Crippen molar-refractivity contribution in [3.05, 3.63) is 35.9 Å². The molecule has 1 aromatic rings. The molecule has 2 rings (SSSR count). The zero-order valence-corrected chi connectivity index (χ0v) is 11.7. The predicted molar refractivity (Wildman–Crippen MR) is 77.9 cm³/mol. The molecule has 0 heterocycles. The van der Waals surface area contributed by atoms with Crippen LogP contribution >= 0.6 is 0 Å². The van der Waals surface area contributed by atoms with Gasteiger partial charge in [-0.1, -0.05) is 43.2 Å². The highest BCUT2D eigenvalue weighted by molar-refractivity contribution is 5.76. The normalized spacial score (nSPS) is 17.3. The highest BCUT2D eigenvalue weighted by Gasteiger charge is 2.14. The van der Waals surface area contributed by atoms with Crippen LogP contribution in [-0.4, -0.2) is 18.5 Å². The van der Waals surface area contributed by atoms with E-state index >= 15 is 0 Å². The van der Waals surface area contributed by atoms with E-state index in [2.05, 4.69) is 10.6 Å². The first-order valence-electron chi connectivity index (χ1n) is 7.33. The zero-order chi connectivity index (χ0) is 13.5. The lowest BCUT2D eigenvalue weighted by Crippen LogP contribution is -2.33. The van der Waals surface area contributed by atoms with Crippen molar-refractivity contribution < 1.29 is 4.79 Å². The van der Waals surface area contributed by atoms with Gasteiger partial charge in [-0.25, -0.2) is 0 Å².